The Morgan fingerprint density at radius 1 is 0.732 bits per heavy atom. The number of aliphatic hydroxyl groups is 1. The highest BCUT2D eigenvalue weighted by atomic mass is 19.1. The summed E-state index contributed by atoms with van der Waals surface area (Å²) < 4.78 is 37.9. The van der Waals surface area contributed by atoms with Gasteiger partial charge in [0.05, 0.1) is 19.2 Å². The number of H-pyrrole nitrogens is 2. The zero-order chi connectivity index (χ0) is 50.2. The number of hydrogen-bond donors (Lipinski definition) is 3. The molecule has 0 saturated carbocycles. The lowest BCUT2D eigenvalue weighted by molar-refractivity contribution is -0.127. The molecule has 0 aliphatic carbocycles. The van der Waals surface area contributed by atoms with Crippen molar-refractivity contribution in [2.24, 2.45) is 11.8 Å². The molecule has 4 saturated heterocycles. The Balaban J connectivity index is 0.000000192. The van der Waals surface area contributed by atoms with Gasteiger partial charge in [-0.05, 0) is 183 Å². The summed E-state index contributed by atoms with van der Waals surface area (Å²) >= 11 is 0. The molecule has 12 nitrogen and oxygen atoms in total. The number of aromatic amines is 2. The maximum absolute atomic E-state index is 13.4. The molecule has 0 radical (unpaired) electrons. The van der Waals surface area contributed by atoms with Crippen molar-refractivity contribution < 1.29 is 33.0 Å². The van der Waals surface area contributed by atoms with Gasteiger partial charge >= 0.3 is 6.09 Å². The first-order valence-corrected chi connectivity index (χ1v) is 26.0. The topological polar surface area (TPSA) is 121 Å². The van der Waals surface area contributed by atoms with E-state index in [1.807, 2.05) is 36.6 Å². The van der Waals surface area contributed by atoms with Gasteiger partial charge in [0.25, 0.3) is 0 Å². The van der Waals surface area contributed by atoms with Crippen molar-refractivity contribution in [3.63, 3.8) is 0 Å². The molecule has 2 atom stereocenters. The van der Waals surface area contributed by atoms with E-state index in [1.165, 1.54) is 51.7 Å². The van der Waals surface area contributed by atoms with Crippen LogP contribution < -0.4 is 4.74 Å². The van der Waals surface area contributed by atoms with Gasteiger partial charge in [-0.2, -0.15) is 0 Å². The zero-order valence-corrected chi connectivity index (χ0v) is 42.8. The molecule has 2 amide bonds. The number of halogens is 2. The van der Waals surface area contributed by atoms with E-state index in [0.717, 1.165) is 101 Å². The normalized spacial score (nSPS) is 19.6. The Morgan fingerprint density at radius 3 is 1.87 bits per heavy atom. The fourth-order valence-corrected chi connectivity index (χ4v) is 11.9. The third-order valence-corrected chi connectivity index (χ3v) is 15.6. The summed E-state index contributed by atoms with van der Waals surface area (Å²) in [4.78, 5) is 43.1. The number of nitrogens with zero attached hydrogens (tertiary/aromatic N) is 5. The van der Waals surface area contributed by atoms with E-state index in [-0.39, 0.29) is 24.6 Å². The Labute approximate surface area is 419 Å². The second-order valence-corrected chi connectivity index (χ2v) is 21.6. The van der Waals surface area contributed by atoms with Crippen LogP contribution in [0.3, 0.4) is 0 Å². The van der Waals surface area contributed by atoms with Crippen LogP contribution in [-0.4, -0.2) is 156 Å². The van der Waals surface area contributed by atoms with Crippen LogP contribution in [0.2, 0.25) is 0 Å². The number of carbonyl (C=O) groups is 2. The number of fused-ring (bicyclic) bond motifs is 2. The molecule has 71 heavy (non-hydrogen) atoms. The SMILES string of the molecule is CN(C)CC(C1CCN(C(=O)/C=C/c2cc(F)cc(F)c2)CC1)N1CCC(c2c[nH]c3ccccc23)CC1.COc1cccc2c(C3CCN(C(CO)C4CCN(C(=O)OC(C)(C)C)CC4)CC3)c[nH]c12. The highest BCUT2D eigenvalue weighted by Crippen LogP contribution is 2.39. The lowest BCUT2D eigenvalue weighted by Gasteiger charge is -2.44. The summed E-state index contributed by atoms with van der Waals surface area (Å²) in [5.41, 5.74) is 4.99. The minimum Gasteiger partial charge on any atom is -0.495 e. The van der Waals surface area contributed by atoms with Crippen molar-refractivity contribution in [2.75, 3.05) is 86.7 Å². The fraction of sp³-hybridized carbons (Fsp3) is 0.544. The maximum Gasteiger partial charge on any atom is 0.410 e. The van der Waals surface area contributed by atoms with Crippen LogP contribution in [0.15, 0.2) is 79.1 Å². The van der Waals surface area contributed by atoms with Crippen LogP contribution in [0.25, 0.3) is 27.9 Å². The molecule has 384 valence electrons. The number of piperidine rings is 4. The largest absolute Gasteiger partial charge is 0.495 e. The number of rotatable bonds is 12. The van der Waals surface area contributed by atoms with E-state index in [9.17, 15) is 23.5 Å². The van der Waals surface area contributed by atoms with Crippen molar-refractivity contribution in [3.8, 4) is 5.75 Å². The number of ether oxygens (including phenoxy) is 2. The van der Waals surface area contributed by atoms with Gasteiger partial charge in [0.15, 0.2) is 0 Å². The van der Waals surface area contributed by atoms with Crippen LogP contribution in [0.5, 0.6) is 5.75 Å². The molecular formula is C57H77F2N7O5. The van der Waals surface area contributed by atoms with Crippen LogP contribution in [0.4, 0.5) is 13.6 Å². The first-order valence-electron chi connectivity index (χ1n) is 26.0. The maximum atomic E-state index is 13.4. The fourth-order valence-electron chi connectivity index (χ4n) is 11.9. The van der Waals surface area contributed by atoms with E-state index in [1.54, 1.807) is 7.11 Å². The standard InChI is InChI=1S/C31H38F2N4O.C26H39N3O4/c1-35(2)21-30(36-13-9-23(10-14-36)28-20-34-29-6-4-3-5-27(28)29)24-11-15-37(16-12-24)31(38)8-7-22-17-25(32)19-26(33)18-22;1-26(2,3)33-25(31)29-14-10-19(11-15-29)22(17-30)28-12-8-18(9-13-28)21-16-27-24-20(21)6-5-7-23(24)32-4/h3-8,17-20,23-24,30,34H,9-16,21H2,1-2H3;5-7,16,18-19,22,27,30H,8-15,17H2,1-4H3/b8-7+;. The molecule has 3 N–H and O–H groups in total. The van der Waals surface area contributed by atoms with Crippen molar-refractivity contribution in [1.29, 1.82) is 0 Å². The molecule has 4 fully saturated rings. The number of likely N-dealkylation sites (N-methyl/N-ethyl adjacent to an activating group) is 1. The quantitative estimate of drug-likeness (QED) is 0.106. The molecule has 3 aromatic carbocycles. The average molecular weight is 978 g/mol. The van der Waals surface area contributed by atoms with Gasteiger partial charge in [-0.15, -0.1) is 0 Å². The van der Waals surface area contributed by atoms with Crippen LogP contribution in [0.1, 0.15) is 101 Å². The molecule has 4 aliphatic heterocycles. The molecule has 2 unspecified atom stereocenters. The number of nitrogens with one attached hydrogen (secondary N) is 2. The van der Waals surface area contributed by atoms with Crippen LogP contribution in [-0.2, 0) is 9.53 Å². The second kappa shape index (κ2) is 23.5. The lowest BCUT2D eigenvalue weighted by atomic mass is 9.84. The summed E-state index contributed by atoms with van der Waals surface area (Å²) in [6.45, 7) is 13.9. The van der Waals surface area contributed by atoms with Gasteiger partial charge in [-0.1, -0.05) is 30.3 Å². The highest BCUT2D eigenvalue weighted by Gasteiger charge is 2.37. The first-order chi connectivity index (χ1) is 34.2. The zero-order valence-electron chi connectivity index (χ0n) is 42.8. The number of amides is 2. The van der Waals surface area contributed by atoms with Crippen molar-refractivity contribution in [3.05, 3.63) is 107 Å². The highest BCUT2D eigenvalue weighted by molar-refractivity contribution is 5.92. The Bertz CT molecular complexity index is 2540. The number of likely N-dealkylation sites (tertiary alicyclic amines) is 4. The van der Waals surface area contributed by atoms with Gasteiger partial charge in [-0.3, -0.25) is 14.6 Å². The Kier molecular flexibility index (Phi) is 17.2. The van der Waals surface area contributed by atoms with E-state index in [2.05, 4.69) is 87.6 Å². The van der Waals surface area contributed by atoms with E-state index < -0.39 is 17.2 Å². The van der Waals surface area contributed by atoms with Gasteiger partial charge in [-0.25, -0.2) is 13.6 Å². The third-order valence-electron chi connectivity index (χ3n) is 15.6. The van der Waals surface area contributed by atoms with E-state index in [0.29, 0.717) is 61.5 Å². The third kappa shape index (κ3) is 13.0. The minimum absolute atomic E-state index is 0.100. The molecule has 5 aromatic rings. The number of benzene rings is 3. The molecule has 2 aromatic heterocycles. The first kappa shape index (κ1) is 52.1. The lowest BCUT2D eigenvalue weighted by Crippen LogP contribution is -2.52. The summed E-state index contributed by atoms with van der Waals surface area (Å²) in [5.74, 6) is 1.53. The summed E-state index contributed by atoms with van der Waals surface area (Å²) in [6, 6.07) is 18.7. The Hall–Kier alpha value is -5.28. The predicted octanol–water partition coefficient (Wildman–Crippen LogP) is 9.87. The molecule has 0 bridgehead atoms. The predicted molar refractivity (Wildman–Crippen MR) is 279 cm³/mol. The van der Waals surface area contributed by atoms with Gasteiger partial charge in [0.1, 0.15) is 23.0 Å². The van der Waals surface area contributed by atoms with Crippen molar-refractivity contribution >= 4 is 39.9 Å². The van der Waals surface area contributed by atoms with E-state index >= 15 is 0 Å². The molecule has 14 heteroatoms. The number of methoxy groups -OCH3 is 1. The number of carbonyl (C=O) groups excluding carboxylic acids is 2. The molecule has 6 heterocycles. The number of hydrogen-bond acceptors (Lipinski definition) is 8. The number of aromatic nitrogens is 2. The monoisotopic (exact) mass is 978 g/mol. The number of para-hydroxylation sites is 2. The summed E-state index contributed by atoms with van der Waals surface area (Å²) in [7, 11) is 6.00. The Morgan fingerprint density at radius 2 is 1.28 bits per heavy atom. The van der Waals surface area contributed by atoms with Gasteiger partial charge in [0.2, 0.25) is 5.91 Å². The number of aliphatic hydroxyl groups excluding tert-OH is 1. The van der Waals surface area contributed by atoms with E-state index in [4.69, 9.17) is 9.47 Å². The molecule has 9 rings (SSSR count). The summed E-state index contributed by atoms with van der Waals surface area (Å²) in [5, 5.41) is 12.8. The van der Waals surface area contributed by atoms with Crippen molar-refractivity contribution in [1.82, 2.24) is 34.5 Å². The van der Waals surface area contributed by atoms with Crippen LogP contribution in [0, 0.1) is 23.5 Å². The molecular weight excluding hydrogens is 901 g/mol. The average Bonchev–Trinajstić information content (AvgIpc) is 4.01. The molecule has 4 aliphatic rings. The molecule has 0 spiro atoms. The van der Waals surface area contributed by atoms with Crippen molar-refractivity contribution in [2.45, 2.75) is 102 Å². The van der Waals surface area contributed by atoms with Gasteiger partial charge < -0.3 is 39.2 Å². The minimum atomic E-state index is -0.643. The van der Waals surface area contributed by atoms with Crippen LogP contribution >= 0.6 is 0 Å². The smallest absolute Gasteiger partial charge is 0.410 e. The summed E-state index contributed by atoms with van der Waals surface area (Å²) in [6.07, 6.45) is 15.3. The second-order valence-electron chi connectivity index (χ2n) is 21.6. The van der Waals surface area contributed by atoms with Gasteiger partial charge in [0, 0.05) is 85.6 Å².